The van der Waals surface area contributed by atoms with Crippen molar-refractivity contribution in [3.63, 3.8) is 0 Å². The molecule has 6 nitrogen and oxygen atoms in total. The van der Waals surface area contributed by atoms with E-state index in [4.69, 9.17) is 0 Å². The Morgan fingerprint density at radius 2 is 1.73 bits per heavy atom. The second kappa shape index (κ2) is 8.46. The predicted molar refractivity (Wildman–Crippen MR) is 116 cm³/mol. The number of aromatic nitrogens is 2. The predicted octanol–water partition coefficient (Wildman–Crippen LogP) is 3.25. The number of nitrogens with one attached hydrogen (secondary N) is 1. The Kier molecular flexibility index (Phi) is 5.58. The minimum Gasteiger partial charge on any atom is -0.325 e. The topological polar surface area (TPSA) is 73.1 Å². The number of hydrogen-bond donors (Lipinski definition) is 1. The number of para-hydroxylation sites is 1. The van der Waals surface area contributed by atoms with E-state index in [0.29, 0.717) is 23.0 Å². The van der Waals surface area contributed by atoms with E-state index in [0.717, 1.165) is 4.88 Å². The molecule has 4 rings (SSSR count). The van der Waals surface area contributed by atoms with Crippen molar-refractivity contribution < 1.29 is 9.18 Å². The Balaban J connectivity index is 1.69. The number of hydrogen-bond acceptors (Lipinski definition) is 4. The first-order chi connectivity index (χ1) is 14.5. The summed E-state index contributed by atoms with van der Waals surface area (Å²) in [6.07, 6.45) is 0.549. The maximum atomic E-state index is 13.1. The minimum absolute atomic E-state index is 0.225. The molecule has 0 saturated carbocycles. The summed E-state index contributed by atoms with van der Waals surface area (Å²) in [5.41, 5.74) is -0.0919. The fraction of sp³-hybridized carbons (Fsp3) is 0.136. The van der Waals surface area contributed by atoms with Gasteiger partial charge in [0.15, 0.2) is 0 Å². The summed E-state index contributed by atoms with van der Waals surface area (Å²) in [6, 6.07) is 16.0. The van der Waals surface area contributed by atoms with Crippen LogP contribution >= 0.6 is 11.3 Å². The highest BCUT2D eigenvalue weighted by molar-refractivity contribution is 7.09. The molecular formula is C22H18FN3O3S. The Labute approximate surface area is 174 Å². The molecule has 8 heteroatoms. The molecule has 2 aromatic carbocycles. The van der Waals surface area contributed by atoms with Gasteiger partial charge in [0.2, 0.25) is 5.91 Å². The van der Waals surface area contributed by atoms with Crippen molar-refractivity contribution in [2.24, 2.45) is 0 Å². The number of halogens is 1. The van der Waals surface area contributed by atoms with Crippen molar-refractivity contribution in [3.8, 4) is 0 Å². The number of nitrogens with zero attached hydrogens (tertiary/aromatic N) is 2. The second-order valence-electron chi connectivity index (χ2n) is 6.73. The summed E-state index contributed by atoms with van der Waals surface area (Å²) in [5.74, 6) is -0.856. The number of aryl methyl sites for hydroxylation is 1. The SMILES string of the molecule is O=C(Cn1c(=O)n(CCc2cccs2)c(=O)c2ccccc21)Nc1ccc(F)cc1. The van der Waals surface area contributed by atoms with Crippen molar-refractivity contribution in [2.45, 2.75) is 19.5 Å². The molecule has 0 radical (unpaired) electrons. The molecule has 4 aromatic rings. The zero-order valence-electron chi connectivity index (χ0n) is 15.9. The summed E-state index contributed by atoms with van der Waals surface area (Å²) in [5, 5.41) is 4.96. The highest BCUT2D eigenvalue weighted by Gasteiger charge is 2.15. The van der Waals surface area contributed by atoms with Crippen LogP contribution in [-0.2, 0) is 24.3 Å². The summed E-state index contributed by atoms with van der Waals surface area (Å²) >= 11 is 1.56. The van der Waals surface area contributed by atoms with E-state index >= 15 is 0 Å². The van der Waals surface area contributed by atoms with Gasteiger partial charge in [-0.2, -0.15) is 0 Å². The normalized spacial score (nSPS) is 11.0. The molecule has 0 bridgehead atoms. The number of thiophene rings is 1. The van der Waals surface area contributed by atoms with Crippen LogP contribution < -0.4 is 16.6 Å². The van der Waals surface area contributed by atoms with E-state index in [2.05, 4.69) is 5.32 Å². The molecule has 2 heterocycles. The van der Waals surface area contributed by atoms with Crippen molar-refractivity contribution in [1.82, 2.24) is 9.13 Å². The minimum atomic E-state index is -0.537. The Morgan fingerprint density at radius 1 is 0.967 bits per heavy atom. The summed E-state index contributed by atoms with van der Waals surface area (Å²) in [7, 11) is 0. The number of fused-ring (bicyclic) bond motifs is 1. The van der Waals surface area contributed by atoms with E-state index in [9.17, 15) is 18.8 Å². The van der Waals surface area contributed by atoms with Gasteiger partial charge in [-0.05, 0) is 54.3 Å². The molecule has 30 heavy (non-hydrogen) atoms. The fourth-order valence-corrected chi connectivity index (χ4v) is 3.97. The van der Waals surface area contributed by atoms with Gasteiger partial charge in [0, 0.05) is 17.1 Å². The number of benzene rings is 2. The molecule has 0 aliphatic carbocycles. The van der Waals surface area contributed by atoms with Gasteiger partial charge in [-0.3, -0.25) is 18.7 Å². The van der Waals surface area contributed by atoms with E-state index in [-0.39, 0.29) is 18.6 Å². The van der Waals surface area contributed by atoms with Crippen LogP contribution in [0.25, 0.3) is 10.9 Å². The molecule has 0 aliphatic heterocycles. The highest BCUT2D eigenvalue weighted by Crippen LogP contribution is 2.12. The first kappa shape index (κ1) is 19.8. The number of carbonyl (C=O) groups is 1. The van der Waals surface area contributed by atoms with Crippen LogP contribution in [0.1, 0.15) is 4.88 Å². The number of anilines is 1. The van der Waals surface area contributed by atoms with Crippen molar-refractivity contribution in [2.75, 3.05) is 5.32 Å². The summed E-state index contributed by atoms with van der Waals surface area (Å²) < 4.78 is 15.5. The van der Waals surface area contributed by atoms with Crippen LogP contribution in [0.5, 0.6) is 0 Å². The maximum absolute atomic E-state index is 13.1. The van der Waals surface area contributed by atoms with Crippen molar-refractivity contribution in [3.05, 3.63) is 97.6 Å². The van der Waals surface area contributed by atoms with Gasteiger partial charge in [-0.15, -0.1) is 11.3 Å². The van der Waals surface area contributed by atoms with Crippen LogP contribution in [0, 0.1) is 5.82 Å². The molecule has 1 amide bonds. The van der Waals surface area contributed by atoms with E-state index in [1.807, 2.05) is 17.5 Å². The zero-order valence-corrected chi connectivity index (χ0v) is 16.7. The third-order valence-electron chi connectivity index (χ3n) is 4.72. The standard InChI is InChI=1S/C22H18FN3O3S/c23-15-7-9-16(10-8-15)24-20(27)14-26-19-6-2-1-5-18(19)21(28)25(22(26)29)12-11-17-4-3-13-30-17/h1-10,13H,11-12,14H2,(H,24,27). The monoisotopic (exact) mass is 423 g/mol. The number of amides is 1. The van der Waals surface area contributed by atoms with Gasteiger partial charge < -0.3 is 5.32 Å². The quantitative estimate of drug-likeness (QED) is 0.517. The first-order valence-electron chi connectivity index (χ1n) is 9.33. The average molecular weight is 423 g/mol. The first-order valence-corrected chi connectivity index (χ1v) is 10.2. The van der Waals surface area contributed by atoms with E-state index in [1.54, 1.807) is 35.6 Å². The van der Waals surface area contributed by atoms with Crippen LogP contribution in [0.4, 0.5) is 10.1 Å². The van der Waals surface area contributed by atoms with Gasteiger partial charge in [0.25, 0.3) is 5.56 Å². The van der Waals surface area contributed by atoms with E-state index in [1.165, 1.54) is 33.4 Å². The summed E-state index contributed by atoms with van der Waals surface area (Å²) in [6.45, 7) is -0.0431. The lowest BCUT2D eigenvalue weighted by atomic mass is 10.2. The molecule has 0 saturated heterocycles. The van der Waals surface area contributed by atoms with Crippen LogP contribution in [0.3, 0.4) is 0 Å². The molecule has 0 aliphatic rings. The molecule has 0 atom stereocenters. The van der Waals surface area contributed by atoms with Gasteiger partial charge in [0.05, 0.1) is 10.9 Å². The van der Waals surface area contributed by atoms with Crippen LogP contribution in [0.15, 0.2) is 75.6 Å². The smallest absolute Gasteiger partial charge is 0.325 e. The Hall–Kier alpha value is -3.52. The molecule has 152 valence electrons. The van der Waals surface area contributed by atoms with Crippen LogP contribution in [-0.4, -0.2) is 15.0 Å². The molecule has 0 fully saturated rings. The highest BCUT2D eigenvalue weighted by atomic mass is 32.1. The van der Waals surface area contributed by atoms with Gasteiger partial charge >= 0.3 is 5.69 Å². The third kappa shape index (κ3) is 4.08. The zero-order chi connectivity index (χ0) is 21.1. The van der Waals surface area contributed by atoms with Crippen molar-refractivity contribution in [1.29, 1.82) is 0 Å². The third-order valence-corrected chi connectivity index (χ3v) is 5.66. The Morgan fingerprint density at radius 3 is 2.47 bits per heavy atom. The van der Waals surface area contributed by atoms with Gasteiger partial charge in [0.1, 0.15) is 12.4 Å². The van der Waals surface area contributed by atoms with Gasteiger partial charge in [-0.1, -0.05) is 18.2 Å². The fourth-order valence-electron chi connectivity index (χ4n) is 3.28. The number of carbonyl (C=O) groups excluding carboxylic acids is 1. The van der Waals surface area contributed by atoms with E-state index < -0.39 is 17.4 Å². The Bertz CT molecular complexity index is 1310. The lowest BCUT2D eigenvalue weighted by molar-refractivity contribution is -0.116. The molecule has 0 unspecified atom stereocenters. The average Bonchev–Trinajstić information content (AvgIpc) is 3.26. The summed E-state index contributed by atoms with van der Waals surface area (Å²) in [4.78, 5) is 39.6. The molecule has 2 aromatic heterocycles. The maximum Gasteiger partial charge on any atom is 0.331 e. The van der Waals surface area contributed by atoms with Gasteiger partial charge in [-0.25, -0.2) is 9.18 Å². The number of rotatable bonds is 6. The molecular weight excluding hydrogens is 405 g/mol. The molecule has 0 spiro atoms. The molecule has 1 N–H and O–H groups in total. The lowest BCUT2D eigenvalue weighted by Crippen LogP contribution is -2.42. The van der Waals surface area contributed by atoms with Crippen LogP contribution in [0.2, 0.25) is 0 Å². The largest absolute Gasteiger partial charge is 0.331 e. The van der Waals surface area contributed by atoms with Crippen molar-refractivity contribution >= 4 is 33.8 Å². The second-order valence-corrected chi connectivity index (χ2v) is 7.76. The lowest BCUT2D eigenvalue weighted by Gasteiger charge is -2.14.